The van der Waals surface area contributed by atoms with Crippen molar-refractivity contribution in [1.82, 2.24) is 9.55 Å². The Morgan fingerprint density at radius 1 is 0.531 bits per heavy atom. The van der Waals surface area contributed by atoms with E-state index in [1.807, 2.05) is 24.3 Å². The van der Waals surface area contributed by atoms with Crippen LogP contribution in [0.1, 0.15) is 115 Å². The van der Waals surface area contributed by atoms with E-state index in [1.54, 1.807) is 12.1 Å². The molecule has 0 saturated carbocycles. The molecule has 0 aliphatic carbocycles. The quantitative estimate of drug-likeness (QED) is 0.169. The summed E-state index contributed by atoms with van der Waals surface area (Å²) in [5, 5.41) is 12.5. The Morgan fingerprint density at radius 3 is 1.81 bits per heavy atom. The number of phenols is 1. The van der Waals surface area contributed by atoms with E-state index < -0.39 is 6.85 Å². The molecule has 328 valence electrons. The van der Waals surface area contributed by atoms with Gasteiger partial charge in [0.2, 0.25) is 0 Å². The minimum atomic E-state index is -2.17. The molecular weight excluding hydrogens is 960 g/mol. The smallest absolute Gasteiger partial charge is 0.507 e. The minimum Gasteiger partial charge on any atom is -0.507 e. The zero-order valence-electron chi connectivity index (χ0n) is 42.4. The molecule has 1 aromatic heterocycles. The summed E-state index contributed by atoms with van der Waals surface area (Å²) in [5.41, 5.74) is 14.8. The molecule has 4 heteroatoms. The van der Waals surface area contributed by atoms with Gasteiger partial charge < -0.3 is 5.11 Å². The number of aromatic hydroxyl groups is 1. The SMILES string of the molecule is [2H]C([2H])([2H])c1ccc(-c2cc[c-]c(-c3[c-]c(-c4cccc5c4nc(-c4cc(C(C)(C)C)cc(C(C)(C)C)c4O)n5-c4ccc(C(C)(C)C)cc4-c4ccccc4)cc(C(C)(C)C)c3)c2)cc1.[Pt+2]. The Morgan fingerprint density at radius 2 is 1.17 bits per heavy atom. The number of hydrogen-bond acceptors (Lipinski definition) is 2. The van der Waals surface area contributed by atoms with Gasteiger partial charge in [-0.3, -0.25) is 4.57 Å². The second-order valence-electron chi connectivity index (χ2n) is 21.2. The fraction of sp³-hybridized carbons (Fsp3) is 0.283. The van der Waals surface area contributed by atoms with Crippen LogP contribution in [0.2, 0.25) is 0 Å². The summed E-state index contributed by atoms with van der Waals surface area (Å²) >= 11 is 0. The molecule has 0 aliphatic rings. The summed E-state index contributed by atoms with van der Waals surface area (Å²) in [6.07, 6.45) is 0. The van der Waals surface area contributed by atoms with Gasteiger partial charge in [0.05, 0.1) is 22.3 Å². The summed E-state index contributed by atoms with van der Waals surface area (Å²) < 4.78 is 25.8. The molecule has 64 heavy (non-hydrogen) atoms. The van der Waals surface area contributed by atoms with Crippen LogP contribution in [0, 0.1) is 19.0 Å². The number of aromatic nitrogens is 2. The molecule has 0 bridgehead atoms. The molecule has 0 fully saturated rings. The first-order chi connectivity index (χ1) is 30.8. The molecule has 8 aromatic rings. The predicted octanol–water partition coefficient (Wildman–Crippen LogP) is 16.2. The van der Waals surface area contributed by atoms with E-state index in [0.29, 0.717) is 17.0 Å². The van der Waals surface area contributed by atoms with Crippen LogP contribution in [-0.4, -0.2) is 14.7 Å². The fourth-order valence-corrected chi connectivity index (χ4v) is 8.35. The summed E-state index contributed by atoms with van der Waals surface area (Å²) in [6.45, 7) is 24.3. The molecule has 0 radical (unpaired) electrons. The Hall–Kier alpha value is -5.50. The second kappa shape index (κ2) is 17.1. The Kier molecular flexibility index (Phi) is 11.4. The molecule has 8 rings (SSSR count). The van der Waals surface area contributed by atoms with Crippen LogP contribution in [0.3, 0.4) is 0 Å². The monoisotopic (exact) mass is 1020 g/mol. The van der Waals surface area contributed by atoms with Gasteiger partial charge in [0, 0.05) is 15.2 Å². The summed E-state index contributed by atoms with van der Waals surface area (Å²) in [5.74, 6) is 0.887. The largest absolute Gasteiger partial charge is 2.00 e. The maximum absolute atomic E-state index is 12.5. The molecule has 0 saturated heterocycles. The van der Waals surface area contributed by atoms with Crippen molar-refractivity contribution >= 4 is 11.0 Å². The molecule has 3 nitrogen and oxygen atoms in total. The fourth-order valence-electron chi connectivity index (χ4n) is 8.35. The molecule has 0 unspecified atom stereocenters. The second-order valence-corrected chi connectivity index (χ2v) is 21.2. The topological polar surface area (TPSA) is 38.1 Å². The summed E-state index contributed by atoms with van der Waals surface area (Å²) in [7, 11) is 0. The molecule has 1 N–H and O–H groups in total. The van der Waals surface area contributed by atoms with E-state index in [4.69, 9.17) is 9.10 Å². The van der Waals surface area contributed by atoms with Crippen LogP contribution in [0.5, 0.6) is 5.75 Å². The number of hydrogen-bond donors (Lipinski definition) is 1. The standard InChI is InChI=1S/C60H62N2O.Pt/c1-38-25-27-39(28-26-38)41-21-17-22-42(31-41)43-32-44(34-46(33-43)58(5,6)7)48-23-18-24-53-54(48)61-56(50-36-47(59(8,9)10)37-51(55(50)63)60(11,12)13)62(53)52-30-29-45(57(2,3)4)35-49(52)40-19-15-14-16-20-40;/h14-21,23-31,33-37,63H,1-13H3;/q-2;+2/i1D3;. The minimum absolute atomic E-state index is 0. The molecule has 0 amide bonds. The van der Waals surface area contributed by atoms with E-state index >= 15 is 0 Å². The number of imidazole rings is 1. The van der Waals surface area contributed by atoms with Crippen LogP contribution >= 0.6 is 0 Å². The third kappa shape index (κ3) is 9.20. The van der Waals surface area contributed by atoms with Crippen LogP contribution < -0.4 is 0 Å². The number of benzene rings is 7. The van der Waals surface area contributed by atoms with Crippen molar-refractivity contribution in [2.45, 2.75) is 112 Å². The van der Waals surface area contributed by atoms with Crippen molar-refractivity contribution in [3.8, 4) is 67.3 Å². The van der Waals surface area contributed by atoms with Crippen molar-refractivity contribution in [2.75, 3.05) is 0 Å². The normalized spacial score (nSPS) is 13.3. The molecular formula is C60H62N2OPt. The van der Waals surface area contributed by atoms with E-state index in [0.717, 1.165) is 77.9 Å². The van der Waals surface area contributed by atoms with Gasteiger partial charge in [-0.2, -0.15) is 35.9 Å². The molecule has 0 atom stereocenters. The first kappa shape index (κ1) is 42.4. The average Bonchev–Trinajstić information content (AvgIpc) is 3.64. The molecule has 0 spiro atoms. The van der Waals surface area contributed by atoms with Gasteiger partial charge in [-0.15, -0.1) is 28.8 Å². The van der Waals surface area contributed by atoms with Crippen molar-refractivity contribution in [2.24, 2.45) is 0 Å². The van der Waals surface area contributed by atoms with Crippen molar-refractivity contribution < 1.29 is 30.3 Å². The van der Waals surface area contributed by atoms with E-state index in [1.165, 1.54) is 5.56 Å². The van der Waals surface area contributed by atoms with E-state index in [9.17, 15) is 5.11 Å². The van der Waals surface area contributed by atoms with Gasteiger partial charge in [0.1, 0.15) is 11.6 Å². The van der Waals surface area contributed by atoms with Crippen LogP contribution in [0.15, 0.2) is 133 Å². The van der Waals surface area contributed by atoms with Gasteiger partial charge in [-0.05, 0) is 75.0 Å². The first-order valence-electron chi connectivity index (χ1n) is 23.6. The third-order valence-corrected chi connectivity index (χ3v) is 12.2. The number of phenolic OH excluding ortho intramolecular Hbond substituents is 1. The Labute approximate surface area is 401 Å². The van der Waals surface area contributed by atoms with Gasteiger partial charge >= 0.3 is 21.1 Å². The molecule has 1 heterocycles. The predicted molar refractivity (Wildman–Crippen MR) is 267 cm³/mol. The number of rotatable bonds is 6. The number of para-hydroxylation sites is 1. The molecule has 0 aliphatic heterocycles. The van der Waals surface area contributed by atoms with E-state index in [-0.39, 0.29) is 48.5 Å². The van der Waals surface area contributed by atoms with Gasteiger partial charge in [0.25, 0.3) is 0 Å². The van der Waals surface area contributed by atoms with Gasteiger partial charge in [0.15, 0.2) is 0 Å². The number of aryl methyl sites for hydroxylation is 1. The maximum Gasteiger partial charge on any atom is 2.00 e. The summed E-state index contributed by atoms with van der Waals surface area (Å²) in [6, 6.07) is 52.9. The van der Waals surface area contributed by atoms with Crippen molar-refractivity contribution in [1.29, 1.82) is 0 Å². The Bertz CT molecular complexity index is 3100. The van der Waals surface area contributed by atoms with Gasteiger partial charge in [-0.1, -0.05) is 173 Å². The molecule has 7 aromatic carbocycles. The zero-order valence-corrected chi connectivity index (χ0v) is 41.6. The van der Waals surface area contributed by atoms with Crippen molar-refractivity contribution in [3.63, 3.8) is 0 Å². The maximum atomic E-state index is 12.5. The van der Waals surface area contributed by atoms with Crippen molar-refractivity contribution in [3.05, 3.63) is 173 Å². The summed E-state index contributed by atoms with van der Waals surface area (Å²) in [4.78, 5) is 5.66. The van der Waals surface area contributed by atoms with Crippen LogP contribution in [0.25, 0.3) is 72.6 Å². The van der Waals surface area contributed by atoms with Gasteiger partial charge in [-0.25, -0.2) is 10.5 Å². The number of fused-ring (bicyclic) bond motifs is 1. The average molecular weight is 1030 g/mol. The third-order valence-electron chi connectivity index (χ3n) is 12.2. The number of nitrogens with zero attached hydrogens (tertiary/aromatic N) is 2. The Balaban J connectivity index is 0.00000666. The zero-order chi connectivity index (χ0) is 47.7. The van der Waals surface area contributed by atoms with Crippen LogP contribution in [-0.2, 0) is 42.7 Å². The van der Waals surface area contributed by atoms with Crippen LogP contribution in [0.4, 0.5) is 0 Å². The first-order valence-corrected chi connectivity index (χ1v) is 22.1. The van der Waals surface area contributed by atoms with E-state index in [2.05, 4.69) is 197 Å².